The van der Waals surface area contributed by atoms with Gasteiger partial charge in [0.15, 0.2) is 23.5 Å². The van der Waals surface area contributed by atoms with E-state index < -0.39 is 78.1 Å². The molecule has 8 N–H and O–H groups in total. The van der Waals surface area contributed by atoms with Crippen molar-refractivity contribution in [2.24, 2.45) is 0 Å². The van der Waals surface area contributed by atoms with E-state index in [0.717, 1.165) is 0 Å². The molecule has 32 heavy (non-hydrogen) atoms. The fourth-order valence-corrected chi connectivity index (χ4v) is 5.53. The largest absolute Gasteiger partial charge is 0.490 e. The lowest BCUT2D eigenvalue weighted by Gasteiger charge is -2.28. The molecule has 2 rings (SSSR count). The molecule has 1 aliphatic rings. The molecule has 17 nitrogen and oxygen atoms in total. The Hall–Kier alpha value is -1.17. The van der Waals surface area contributed by atoms with Gasteiger partial charge >= 0.3 is 29.2 Å². The van der Waals surface area contributed by atoms with Gasteiger partial charge in [-0.05, 0) is 0 Å². The van der Waals surface area contributed by atoms with Gasteiger partial charge in [-0.15, -0.1) is 0 Å². The molecule has 0 saturated carbocycles. The summed E-state index contributed by atoms with van der Waals surface area (Å²) in [6.07, 6.45) is -5.99. The zero-order chi connectivity index (χ0) is 24.7. The number of aromatic nitrogens is 2. The lowest BCUT2D eigenvalue weighted by atomic mass is 9.95. The van der Waals surface area contributed by atoms with Crippen LogP contribution in [0.3, 0.4) is 0 Å². The van der Waals surface area contributed by atoms with E-state index in [0.29, 0.717) is 6.20 Å². The molecule has 2 unspecified atom stereocenters. The van der Waals surface area contributed by atoms with Gasteiger partial charge in [-0.2, -0.15) is 13.6 Å². The van der Waals surface area contributed by atoms with E-state index in [1.807, 2.05) is 0 Å². The minimum atomic E-state index is -5.84. The van der Waals surface area contributed by atoms with Crippen molar-refractivity contribution < 1.29 is 70.1 Å². The first-order valence-electron chi connectivity index (χ1n) is 7.85. The molecule has 0 radical (unpaired) electrons. The van der Waals surface area contributed by atoms with Crippen LogP contribution in [0, 0.1) is 5.82 Å². The van der Waals surface area contributed by atoms with Gasteiger partial charge in [-0.3, -0.25) is 9.09 Å². The van der Waals surface area contributed by atoms with E-state index in [4.69, 9.17) is 25.2 Å². The highest BCUT2D eigenvalue weighted by atomic mass is 31.3. The van der Waals surface area contributed by atoms with Crippen LogP contribution in [0.5, 0.6) is 0 Å². The van der Waals surface area contributed by atoms with Crippen LogP contribution in [0.2, 0.25) is 0 Å². The van der Waals surface area contributed by atoms with Crippen molar-refractivity contribution in [1.82, 2.24) is 9.55 Å². The number of anilines is 1. The Labute approximate surface area is 175 Å². The minimum absolute atomic E-state index is 0.235. The van der Waals surface area contributed by atoms with Crippen molar-refractivity contribution in [1.29, 1.82) is 0 Å². The van der Waals surface area contributed by atoms with Crippen LogP contribution in [0.25, 0.3) is 0 Å². The highest BCUT2D eigenvalue weighted by molar-refractivity contribution is 7.66. The predicted molar refractivity (Wildman–Crippen MR) is 93.5 cm³/mol. The molecular weight excluding hydrogens is 517 g/mol. The van der Waals surface area contributed by atoms with E-state index in [-0.39, 0.29) is 4.57 Å². The molecule has 1 fully saturated rings. The van der Waals surface area contributed by atoms with Crippen LogP contribution < -0.4 is 11.4 Å². The normalized spacial score (nSPS) is 30.1. The third kappa shape index (κ3) is 6.24. The Balaban J connectivity index is 2.21. The third-order valence-electron chi connectivity index (χ3n) is 3.81. The number of rotatable bonds is 9. The molecule has 0 bridgehead atoms. The number of halogens is 2. The summed E-state index contributed by atoms with van der Waals surface area (Å²) in [4.78, 5) is 50.4. The Bertz CT molecular complexity index is 1060. The Morgan fingerprint density at radius 1 is 1.22 bits per heavy atom. The number of hydrogen-bond donors (Lipinski definition) is 7. The van der Waals surface area contributed by atoms with Gasteiger partial charge < -0.3 is 40.3 Å². The van der Waals surface area contributed by atoms with Crippen molar-refractivity contribution >= 4 is 29.3 Å². The first-order chi connectivity index (χ1) is 14.4. The second-order valence-electron chi connectivity index (χ2n) is 6.15. The molecule has 1 aromatic heterocycles. The smallest absolute Gasteiger partial charge is 0.387 e. The number of hydrogen-bond acceptors (Lipinski definition) is 12. The summed E-state index contributed by atoms with van der Waals surface area (Å²) >= 11 is 0. The standard InChI is InChI=1S/C10H16F2N3O14P3/c11-3-10(18)6(16)5(27-8(10)15-1-4(12)7(13)14-9(15)17)2-26-31(22,23)29-32(24,25)28-30(19,20)21/h1,5-6,8,16,18H,2-3H2,(H,22,23)(H,24,25)(H2,13,14,17)(H2,19,20,21)/t5-,6+,8-,10-/m1/s1. The van der Waals surface area contributed by atoms with E-state index in [1.165, 1.54) is 0 Å². The lowest BCUT2D eigenvalue weighted by Crippen LogP contribution is -2.50. The molecular formula is C10H16F2N3O14P3. The number of nitrogen functional groups attached to an aromatic ring is 1. The van der Waals surface area contributed by atoms with Crippen molar-refractivity contribution in [3.63, 3.8) is 0 Å². The second-order valence-corrected chi connectivity index (χ2v) is 10.6. The minimum Gasteiger partial charge on any atom is -0.387 e. The SMILES string of the molecule is Nc1nc(=O)n([C@@H]2O[C@H](COP(=O)(O)OP(=O)(O)OP(=O)(O)O)[C@H](O)[C@]2(O)CF)cc1F. The maximum absolute atomic E-state index is 13.7. The van der Waals surface area contributed by atoms with Crippen molar-refractivity contribution in [3.8, 4) is 0 Å². The van der Waals surface area contributed by atoms with Gasteiger partial charge in [0.2, 0.25) is 0 Å². The number of aliphatic hydroxyl groups is 2. The quantitative estimate of drug-likeness (QED) is 0.174. The fraction of sp³-hybridized carbons (Fsp3) is 0.600. The van der Waals surface area contributed by atoms with E-state index in [1.54, 1.807) is 0 Å². The topological polar surface area (TPSA) is 270 Å². The second kappa shape index (κ2) is 9.23. The number of alkyl halides is 1. The van der Waals surface area contributed by atoms with Crippen LogP contribution in [-0.2, 0) is 31.6 Å². The first kappa shape index (κ1) is 27.1. The van der Waals surface area contributed by atoms with Crippen molar-refractivity contribution in [2.75, 3.05) is 19.0 Å². The fourth-order valence-electron chi connectivity index (χ4n) is 2.50. The van der Waals surface area contributed by atoms with Crippen LogP contribution in [0.4, 0.5) is 14.6 Å². The first-order valence-corrected chi connectivity index (χ1v) is 12.4. The highest BCUT2D eigenvalue weighted by Gasteiger charge is 2.57. The molecule has 2 heterocycles. The van der Waals surface area contributed by atoms with Crippen molar-refractivity contribution in [2.45, 2.75) is 24.0 Å². The van der Waals surface area contributed by atoms with Crippen LogP contribution in [0.1, 0.15) is 6.23 Å². The highest BCUT2D eigenvalue weighted by Crippen LogP contribution is 2.66. The van der Waals surface area contributed by atoms with Gasteiger partial charge in [0.05, 0.1) is 12.8 Å². The predicted octanol–water partition coefficient (Wildman–Crippen LogP) is -1.73. The summed E-state index contributed by atoms with van der Waals surface area (Å²) in [5.74, 6) is -2.11. The molecule has 1 saturated heterocycles. The Morgan fingerprint density at radius 3 is 2.34 bits per heavy atom. The summed E-state index contributed by atoms with van der Waals surface area (Å²) in [6.45, 7) is -3.08. The molecule has 184 valence electrons. The number of phosphoric acid groups is 3. The monoisotopic (exact) mass is 533 g/mol. The average molecular weight is 533 g/mol. The third-order valence-corrected chi connectivity index (χ3v) is 7.62. The molecule has 6 atom stereocenters. The summed E-state index contributed by atoms with van der Waals surface area (Å²) in [5, 5.41) is 20.5. The van der Waals surface area contributed by atoms with Gasteiger partial charge in [0.25, 0.3) is 0 Å². The number of nitrogens with two attached hydrogens (primary N) is 1. The zero-order valence-electron chi connectivity index (χ0n) is 15.2. The van der Waals surface area contributed by atoms with E-state index in [9.17, 15) is 42.4 Å². The summed E-state index contributed by atoms with van der Waals surface area (Å²) in [7, 11) is -17.1. The number of aliphatic hydroxyl groups excluding tert-OH is 1. The summed E-state index contributed by atoms with van der Waals surface area (Å²) in [5.41, 5.74) is 0.842. The van der Waals surface area contributed by atoms with Gasteiger partial charge in [-0.25, -0.2) is 27.3 Å². The molecule has 1 aliphatic heterocycles. The van der Waals surface area contributed by atoms with Gasteiger partial charge in [0, 0.05) is 0 Å². The molecule has 0 spiro atoms. The lowest BCUT2D eigenvalue weighted by molar-refractivity contribution is -0.121. The van der Waals surface area contributed by atoms with Crippen LogP contribution >= 0.6 is 23.5 Å². The number of ether oxygens (including phenoxy) is 1. The maximum atomic E-state index is 13.7. The molecule has 0 aromatic carbocycles. The Kier molecular flexibility index (Phi) is 7.81. The van der Waals surface area contributed by atoms with Gasteiger partial charge in [-0.1, -0.05) is 0 Å². The molecule has 22 heteroatoms. The molecule has 0 aliphatic carbocycles. The molecule has 0 amide bonds. The number of nitrogens with zero attached hydrogens (tertiary/aromatic N) is 2. The maximum Gasteiger partial charge on any atom is 0.490 e. The zero-order valence-corrected chi connectivity index (χ0v) is 17.9. The number of phosphoric ester groups is 1. The summed E-state index contributed by atoms with van der Waals surface area (Å²) in [6, 6.07) is 0. The van der Waals surface area contributed by atoms with Crippen molar-refractivity contribution in [3.05, 3.63) is 22.5 Å². The average Bonchev–Trinajstić information content (AvgIpc) is 2.85. The van der Waals surface area contributed by atoms with Crippen LogP contribution in [0.15, 0.2) is 11.0 Å². The van der Waals surface area contributed by atoms with E-state index in [2.05, 4.69) is 18.1 Å². The Morgan fingerprint density at radius 2 is 1.81 bits per heavy atom. The summed E-state index contributed by atoms with van der Waals surface area (Å²) < 4.78 is 77.2. The molecule has 1 aromatic rings. The van der Waals surface area contributed by atoms with Crippen LogP contribution in [-0.4, -0.2) is 70.4 Å². The van der Waals surface area contributed by atoms with Gasteiger partial charge in [0.1, 0.15) is 18.9 Å². The van der Waals surface area contributed by atoms with E-state index >= 15 is 0 Å².